The lowest BCUT2D eigenvalue weighted by molar-refractivity contribution is -0.133. The molecule has 0 radical (unpaired) electrons. The van der Waals surface area contributed by atoms with Crippen molar-refractivity contribution in [2.45, 2.75) is 70.8 Å². The summed E-state index contributed by atoms with van der Waals surface area (Å²) < 4.78 is 0. The van der Waals surface area contributed by atoms with Crippen LogP contribution in [-0.4, -0.2) is 39.8 Å². The molecule has 1 atom stereocenters. The number of nitrogens with zero attached hydrogens (tertiary/aromatic N) is 3. The maximum Gasteiger partial charge on any atom is 0.254 e. The third kappa shape index (κ3) is 5.72. The predicted molar refractivity (Wildman–Crippen MR) is 124 cm³/mol. The van der Waals surface area contributed by atoms with Crippen molar-refractivity contribution in [3.05, 3.63) is 59.2 Å². The lowest BCUT2D eigenvalue weighted by Gasteiger charge is -2.33. The number of hydrogen-bond acceptors (Lipinski definition) is 4. The summed E-state index contributed by atoms with van der Waals surface area (Å²) >= 11 is 0. The Morgan fingerprint density at radius 2 is 1.84 bits per heavy atom. The van der Waals surface area contributed by atoms with Gasteiger partial charge in [-0.25, -0.2) is 9.97 Å². The largest absolute Gasteiger partial charge is 0.348 e. The van der Waals surface area contributed by atoms with Crippen molar-refractivity contribution in [1.29, 1.82) is 0 Å². The molecule has 0 bridgehead atoms. The standard InChI is InChI=1S/C26H34N4O2/c1-19-23(26(32)28-16-21-11-6-3-7-12-21)17-27-25(29-19)22-13-8-14-30(18-22)24(31)15-20-9-4-2-5-10-20/h3,6-7,11-12,17,20,22H,2,4-5,8-10,13-16,18H2,1H3,(H,28,32)/t22-/m0/s1. The number of amides is 2. The Kier molecular flexibility index (Phi) is 7.51. The fourth-order valence-electron chi connectivity index (χ4n) is 4.96. The van der Waals surface area contributed by atoms with Crippen molar-refractivity contribution in [3.63, 3.8) is 0 Å². The Morgan fingerprint density at radius 3 is 2.59 bits per heavy atom. The molecule has 6 heteroatoms. The minimum absolute atomic E-state index is 0.138. The van der Waals surface area contributed by atoms with Gasteiger partial charge >= 0.3 is 0 Å². The first kappa shape index (κ1) is 22.4. The monoisotopic (exact) mass is 434 g/mol. The second-order valence-electron chi connectivity index (χ2n) is 9.28. The Bertz CT molecular complexity index is 925. The van der Waals surface area contributed by atoms with Gasteiger partial charge in [0.15, 0.2) is 0 Å². The van der Waals surface area contributed by atoms with E-state index in [-0.39, 0.29) is 17.7 Å². The summed E-state index contributed by atoms with van der Waals surface area (Å²) in [6.07, 6.45) is 10.5. The Balaban J connectivity index is 1.35. The van der Waals surface area contributed by atoms with Crippen molar-refractivity contribution in [2.24, 2.45) is 5.92 Å². The molecular weight excluding hydrogens is 400 g/mol. The first-order valence-electron chi connectivity index (χ1n) is 12.0. The van der Waals surface area contributed by atoms with Crippen LogP contribution in [0.3, 0.4) is 0 Å². The molecule has 2 aromatic rings. The zero-order chi connectivity index (χ0) is 22.3. The highest BCUT2D eigenvalue weighted by molar-refractivity contribution is 5.94. The molecule has 1 aliphatic carbocycles. The normalized spacial score (nSPS) is 19.5. The highest BCUT2D eigenvalue weighted by Crippen LogP contribution is 2.29. The minimum Gasteiger partial charge on any atom is -0.348 e. The smallest absolute Gasteiger partial charge is 0.254 e. The molecule has 6 nitrogen and oxygen atoms in total. The second kappa shape index (κ2) is 10.7. The van der Waals surface area contributed by atoms with E-state index in [1.54, 1.807) is 6.20 Å². The van der Waals surface area contributed by atoms with E-state index in [2.05, 4.69) is 15.3 Å². The number of likely N-dealkylation sites (tertiary alicyclic amines) is 1. The average Bonchev–Trinajstić information content (AvgIpc) is 2.84. The summed E-state index contributed by atoms with van der Waals surface area (Å²) in [5, 5.41) is 2.94. The highest BCUT2D eigenvalue weighted by Gasteiger charge is 2.28. The maximum atomic E-state index is 12.9. The van der Waals surface area contributed by atoms with Crippen LogP contribution in [0.2, 0.25) is 0 Å². The molecular formula is C26H34N4O2. The summed E-state index contributed by atoms with van der Waals surface area (Å²) in [5.74, 6) is 1.57. The van der Waals surface area contributed by atoms with E-state index in [0.717, 1.165) is 30.8 Å². The Morgan fingerprint density at radius 1 is 1.06 bits per heavy atom. The predicted octanol–water partition coefficient (Wildman–Crippen LogP) is 4.39. The van der Waals surface area contributed by atoms with Gasteiger partial charge in [-0.05, 0) is 44.1 Å². The number of hydrogen-bond donors (Lipinski definition) is 1. The van der Waals surface area contributed by atoms with Crippen LogP contribution >= 0.6 is 0 Å². The van der Waals surface area contributed by atoms with Gasteiger partial charge in [0.05, 0.1) is 11.3 Å². The molecule has 4 rings (SSSR count). The van der Waals surface area contributed by atoms with Crippen LogP contribution in [-0.2, 0) is 11.3 Å². The fraction of sp³-hybridized carbons (Fsp3) is 0.538. The molecule has 2 fully saturated rings. The molecule has 0 unspecified atom stereocenters. The lowest BCUT2D eigenvalue weighted by atomic mass is 9.86. The number of carbonyl (C=O) groups excluding carboxylic acids is 2. The third-order valence-corrected chi connectivity index (χ3v) is 6.87. The van der Waals surface area contributed by atoms with Gasteiger partial charge in [-0.3, -0.25) is 9.59 Å². The van der Waals surface area contributed by atoms with Crippen LogP contribution in [0.25, 0.3) is 0 Å². The summed E-state index contributed by atoms with van der Waals surface area (Å²) in [6, 6.07) is 9.84. The van der Waals surface area contributed by atoms with Crippen molar-refractivity contribution in [1.82, 2.24) is 20.2 Å². The van der Waals surface area contributed by atoms with Gasteiger partial charge in [0, 0.05) is 38.2 Å². The minimum atomic E-state index is -0.161. The summed E-state index contributed by atoms with van der Waals surface area (Å²) in [4.78, 5) is 36.7. The van der Waals surface area contributed by atoms with E-state index in [1.807, 2.05) is 42.2 Å². The first-order valence-corrected chi connectivity index (χ1v) is 12.0. The number of carbonyl (C=O) groups is 2. The highest BCUT2D eigenvalue weighted by atomic mass is 16.2. The van der Waals surface area contributed by atoms with E-state index in [0.29, 0.717) is 36.7 Å². The van der Waals surface area contributed by atoms with Crippen LogP contribution in [0.5, 0.6) is 0 Å². The number of aryl methyl sites for hydroxylation is 1. The summed E-state index contributed by atoms with van der Waals surface area (Å²) in [6.45, 7) is 3.85. The van der Waals surface area contributed by atoms with E-state index < -0.39 is 0 Å². The van der Waals surface area contributed by atoms with E-state index >= 15 is 0 Å². The quantitative estimate of drug-likeness (QED) is 0.732. The number of rotatable bonds is 6. The number of nitrogens with one attached hydrogen (secondary N) is 1. The van der Waals surface area contributed by atoms with E-state index in [1.165, 1.54) is 32.1 Å². The second-order valence-corrected chi connectivity index (χ2v) is 9.28. The van der Waals surface area contributed by atoms with Gasteiger partial charge in [0.2, 0.25) is 5.91 Å². The molecule has 1 aromatic carbocycles. The molecule has 32 heavy (non-hydrogen) atoms. The number of aromatic nitrogens is 2. The van der Waals surface area contributed by atoms with Gasteiger partial charge in [0.25, 0.3) is 5.91 Å². The Hall–Kier alpha value is -2.76. The SMILES string of the molecule is Cc1nc([C@H]2CCCN(C(=O)CC3CCCCC3)C2)ncc1C(=O)NCc1ccccc1. The summed E-state index contributed by atoms with van der Waals surface area (Å²) in [7, 11) is 0. The van der Waals surface area contributed by atoms with Crippen LogP contribution in [0.15, 0.2) is 36.5 Å². The van der Waals surface area contributed by atoms with Crippen LogP contribution in [0.1, 0.15) is 84.7 Å². The molecule has 0 spiro atoms. The van der Waals surface area contributed by atoms with Crippen molar-refractivity contribution in [2.75, 3.05) is 13.1 Å². The first-order chi connectivity index (χ1) is 15.6. The van der Waals surface area contributed by atoms with Crippen LogP contribution < -0.4 is 5.32 Å². The van der Waals surface area contributed by atoms with Gasteiger partial charge in [-0.1, -0.05) is 49.6 Å². The average molecular weight is 435 g/mol. The maximum absolute atomic E-state index is 12.9. The molecule has 1 aromatic heterocycles. The zero-order valence-electron chi connectivity index (χ0n) is 19.1. The topological polar surface area (TPSA) is 75.2 Å². The molecule has 1 aliphatic heterocycles. The van der Waals surface area contributed by atoms with Crippen molar-refractivity contribution >= 4 is 11.8 Å². The zero-order valence-corrected chi connectivity index (χ0v) is 19.1. The molecule has 170 valence electrons. The molecule has 1 saturated carbocycles. The van der Waals surface area contributed by atoms with Crippen molar-refractivity contribution < 1.29 is 9.59 Å². The number of piperidine rings is 1. The molecule has 1 N–H and O–H groups in total. The van der Waals surface area contributed by atoms with Gasteiger partial charge in [0.1, 0.15) is 5.82 Å². The summed E-state index contributed by atoms with van der Waals surface area (Å²) in [5.41, 5.74) is 2.24. The third-order valence-electron chi connectivity index (χ3n) is 6.87. The fourth-order valence-corrected chi connectivity index (χ4v) is 4.96. The molecule has 2 heterocycles. The molecule has 2 aliphatic rings. The van der Waals surface area contributed by atoms with Crippen LogP contribution in [0.4, 0.5) is 0 Å². The lowest BCUT2D eigenvalue weighted by Crippen LogP contribution is -2.40. The van der Waals surface area contributed by atoms with Gasteiger partial charge in [-0.2, -0.15) is 0 Å². The van der Waals surface area contributed by atoms with Crippen molar-refractivity contribution in [3.8, 4) is 0 Å². The van der Waals surface area contributed by atoms with Gasteiger partial charge in [-0.15, -0.1) is 0 Å². The van der Waals surface area contributed by atoms with Gasteiger partial charge < -0.3 is 10.2 Å². The van der Waals surface area contributed by atoms with E-state index in [4.69, 9.17) is 0 Å². The Labute approximate surface area is 190 Å². The molecule has 1 saturated heterocycles. The molecule has 2 amide bonds. The van der Waals surface area contributed by atoms with E-state index in [9.17, 15) is 9.59 Å². The van der Waals surface area contributed by atoms with Crippen LogP contribution in [0, 0.1) is 12.8 Å². The number of benzene rings is 1.